The van der Waals surface area contributed by atoms with E-state index in [0.717, 1.165) is 55.2 Å². The van der Waals surface area contributed by atoms with Gasteiger partial charge in [-0.2, -0.15) is 0 Å². The lowest BCUT2D eigenvalue weighted by molar-refractivity contribution is 0.0773. The zero-order valence-corrected chi connectivity index (χ0v) is 20.7. The van der Waals surface area contributed by atoms with E-state index < -0.39 is 0 Å². The number of hydrogen-bond acceptors (Lipinski definition) is 3. The van der Waals surface area contributed by atoms with Gasteiger partial charge in [0.25, 0.3) is 5.91 Å². The van der Waals surface area contributed by atoms with Gasteiger partial charge in [-0.1, -0.05) is 55.5 Å². The maximum atomic E-state index is 14.6. The molecule has 0 N–H and O–H groups in total. The second kappa shape index (κ2) is 10.4. The molecule has 1 fully saturated rings. The number of carbonyl (C=O) groups excluding carboxylic acids is 1. The molecule has 0 spiro atoms. The number of piperazine rings is 1. The lowest BCUT2D eigenvalue weighted by atomic mass is 10.1. The van der Waals surface area contributed by atoms with Gasteiger partial charge in [0.05, 0.1) is 12.2 Å². The standard InChI is InChI=1S/C28H35FN4O/c1-5-31-15-17-32(18-16-31)26-21(2)27(28(34)30(4)19-23-11-7-6-8-12-23)33(22(26)3)20-24-13-9-10-14-25(24)29/h6-14H,5,15-20H2,1-4H3. The Morgan fingerprint density at radius 1 is 0.971 bits per heavy atom. The Morgan fingerprint density at radius 3 is 2.26 bits per heavy atom. The minimum atomic E-state index is -0.248. The number of hydrogen-bond donors (Lipinski definition) is 0. The van der Waals surface area contributed by atoms with Crippen LogP contribution in [0.2, 0.25) is 0 Å². The third kappa shape index (κ3) is 4.87. The normalized spacial score (nSPS) is 14.4. The van der Waals surface area contributed by atoms with Gasteiger partial charge in [-0.05, 0) is 32.0 Å². The van der Waals surface area contributed by atoms with Crippen molar-refractivity contribution < 1.29 is 9.18 Å². The Kier molecular flexibility index (Phi) is 7.37. The SMILES string of the molecule is CCN1CCN(c2c(C)c(C(=O)N(C)Cc3ccccc3)n(Cc3ccccc3F)c2C)CC1. The van der Waals surface area contributed by atoms with Crippen molar-refractivity contribution in [2.75, 3.05) is 44.7 Å². The molecule has 0 saturated carbocycles. The van der Waals surface area contributed by atoms with Gasteiger partial charge in [0.2, 0.25) is 0 Å². The zero-order valence-electron chi connectivity index (χ0n) is 20.7. The second-order valence-electron chi connectivity index (χ2n) is 9.15. The third-order valence-electron chi connectivity index (χ3n) is 6.96. The number of benzene rings is 2. The summed E-state index contributed by atoms with van der Waals surface area (Å²) in [7, 11) is 1.84. The van der Waals surface area contributed by atoms with Crippen LogP contribution in [-0.2, 0) is 13.1 Å². The molecule has 1 aromatic heterocycles. The molecule has 5 nitrogen and oxygen atoms in total. The van der Waals surface area contributed by atoms with Gasteiger partial charge in [0.1, 0.15) is 11.5 Å². The van der Waals surface area contributed by atoms with Crippen molar-refractivity contribution >= 4 is 11.6 Å². The van der Waals surface area contributed by atoms with Crippen LogP contribution in [0.1, 0.15) is 39.8 Å². The number of likely N-dealkylation sites (N-methyl/N-ethyl adjacent to an activating group) is 1. The van der Waals surface area contributed by atoms with Crippen molar-refractivity contribution in [3.8, 4) is 0 Å². The molecule has 0 bridgehead atoms. The van der Waals surface area contributed by atoms with Crippen LogP contribution in [0, 0.1) is 19.7 Å². The summed E-state index contributed by atoms with van der Waals surface area (Å²) in [6.45, 7) is 12.0. The van der Waals surface area contributed by atoms with E-state index >= 15 is 0 Å². The van der Waals surface area contributed by atoms with E-state index in [1.165, 1.54) is 6.07 Å². The third-order valence-corrected chi connectivity index (χ3v) is 6.96. The van der Waals surface area contributed by atoms with Crippen LogP contribution in [0.4, 0.5) is 10.1 Å². The van der Waals surface area contributed by atoms with Crippen molar-refractivity contribution in [3.63, 3.8) is 0 Å². The number of rotatable bonds is 7. The number of carbonyl (C=O) groups is 1. The molecule has 1 aliphatic rings. The second-order valence-corrected chi connectivity index (χ2v) is 9.15. The van der Waals surface area contributed by atoms with E-state index in [0.29, 0.717) is 24.3 Å². The molecule has 6 heteroatoms. The van der Waals surface area contributed by atoms with Crippen LogP contribution in [0.25, 0.3) is 0 Å². The molecule has 3 aromatic rings. The van der Waals surface area contributed by atoms with Crippen molar-refractivity contribution in [1.82, 2.24) is 14.4 Å². The lowest BCUT2D eigenvalue weighted by Crippen LogP contribution is -2.46. The van der Waals surface area contributed by atoms with Crippen molar-refractivity contribution in [1.29, 1.82) is 0 Å². The van der Waals surface area contributed by atoms with Crippen LogP contribution >= 0.6 is 0 Å². The average Bonchev–Trinajstić information content (AvgIpc) is 3.09. The minimum absolute atomic E-state index is 0.0424. The lowest BCUT2D eigenvalue weighted by Gasteiger charge is -2.36. The maximum Gasteiger partial charge on any atom is 0.270 e. The van der Waals surface area contributed by atoms with E-state index in [1.807, 2.05) is 54.9 Å². The number of amides is 1. The highest BCUT2D eigenvalue weighted by Crippen LogP contribution is 2.33. The highest BCUT2D eigenvalue weighted by atomic mass is 19.1. The van der Waals surface area contributed by atoms with Crippen LogP contribution in [0.3, 0.4) is 0 Å². The number of aromatic nitrogens is 1. The maximum absolute atomic E-state index is 14.6. The fourth-order valence-corrected chi connectivity index (χ4v) is 5.02. The summed E-state index contributed by atoms with van der Waals surface area (Å²) in [5, 5.41) is 0. The Hall–Kier alpha value is -3.12. The smallest absolute Gasteiger partial charge is 0.270 e. The molecule has 2 aromatic carbocycles. The van der Waals surface area contributed by atoms with E-state index in [1.54, 1.807) is 17.0 Å². The molecule has 0 unspecified atom stereocenters. The zero-order chi connectivity index (χ0) is 24.2. The van der Waals surface area contributed by atoms with Crippen LogP contribution in [0.5, 0.6) is 0 Å². The summed E-state index contributed by atoms with van der Waals surface area (Å²) in [5.41, 5.74) is 5.42. The van der Waals surface area contributed by atoms with Gasteiger partial charge in [0.15, 0.2) is 0 Å². The summed E-state index contributed by atoms with van der Waals surface area (Å²) in [4.78, 5) is 20.4. The van der Waals surface area contributed by atoms with E-state index in [9.17, 15) is 9.18 Å². The van der Waals surface area contributed by atoms with Gasteiger partial charge in [-0.15, -0.1) is 0 Å². The summed E-state index contributed by atoms with van der Waals surface area (Å²) < 4.78 is 16.6. The first-order valence-corrected chi connectivity index (χ1v) is 12.1. The minimum Gasteiger partial charge on any atom is -0.367 e. The molecule has 0 aliphatic carbocycles. The van der Waals surface area contributed by atoms with E-state index in [4.69, 9.17) is 0 Å². The van der Waals surface area contributed by atoms with Gasteiger partial charge in [-0.3, -0.25) is 4.79 Å². The highest BCUT2D eigenvalue weighted by Gasteiger charge is 2.29. The quantitative estimate of drug-likeness (QED) is 0.510. The summed E-state index contributed by atoms with van der Waals surface area (Å²) >= 11 is 0. The predicted molar refractivity (Wildman–Crippen MR) is 136 cm³/mol. The molecular weight excluding hydrogens is 427 g/mol. The largest absolute Gasteiger partial charge is 0.367 e. The summed E-state index contributed by atoms with van der Waals surface area (Å²) in [6.07, 6.45) is 0. The highest BCUT2D eigenvalue weighted by molar-refractivity contribution is 5.96. The molecule has 180 valence electrons. The molecule has 1 aliphatic heterocycles. The Labute approximate surface area is 202 Å². The van der Waals surface area contributed by atoms with Crippen molar-refractivity contribution in [2.45, 2.75) is 33.9 Å². The number of anilines is 1. The van der Waals surface area contributed by atoms with Crippen LogP contribution in [-0.4, -0.2) is 60.0 Å². The fourth-order valence-electron chi connectivity index (χ4n) is 5.02. The van der Waals surface area contributed by atoms with E-state index in [2.05, 4.69) is 23.6 Å². The van der Waals surface area contributed by atoms with Gasteiger partial charge in [-0.25, -0.2) is 4.39 Å². The van der Waals surface area contributed by atoms with Gasteiger partial charge >= 0.3 is 0 Å². The van der Waals surface area contributed by atoms with Gasteiger partial charge < -0.3 is 19.3 Å². The number of nitrogens with zero attached hydrogens (tertiary/aromatic N) is 4. The molecule has 34 heavy (non-hydrogen) atoms. The summed E-state index contributed by atoms with van der Waals surface area (Å²) in [5.74, 6) is -0.290. The first kappa shape index (κ1) is 24.0. The van der Waals surface area contributed by atoms with Crippen LogP contribution < -0.4 is 4.90 Å². The first-order chi connectivity index (χ1) is 16.4. The van der Waals surface area contributed by atoms with E-state index in [-0.39, 0.29) is 11.7 Å². The molecule has 0 atom stereocenters. The Balaban J connectivity index is 1.72. The average molecular weight is 463 g/mol. The number of halogens is 1. The Bertz CT molecular complexity index is 1130. The van der Waals surface area contributed by atoms with Crippen LogP contribution in [0.15, 0.2) is 54.6 Å². The predicted octanol–water partition coefficient (Wildman–Crippen LogP) is 4.71. The molecular formula is C28H35FN4O. The molecule has 0 radical (unpaired) electrons. The summed E-state index contributed by atoms with van der Waals surface area (Å²) in [6, 6.07) is 16.8. The molecule has 1 amide bonds. The monoisotopic (exact) mass is 462 g/mol. The molecule has 2 heterocycles. The topological polar surface area (TPSA) is 31.7 Å². The molecule has 4 rings (SSSR count). The molecule has 1 saturated heterocycles. The van der Waals surface area contributed by atoms with Crippen molar-refractivity contribution in [2.24, 2.45) is 0 Å². The first-order valence-electron chi connectivity index (χ1n) is 12.1. The fraction of sp³-hybridized carbons (Fsp3) is 0.393. The van der Waals surface area contributed by atoms with Gasteiger partial charge in [0, 0.05) is 56.6 Å². The Morgan fingerprint density at radius 2 is 1.62 bits per heavy atom. The van der Waals surface area contributed by atoms with Crippen molar-refractivity contribution in [3.05, 3.63) is 88.5 Å².